The maximum atomic E-state index is 13.0. The Morgan fingerprint density at radius 1 is 1.11 bits per heavy atom. The summed E-state index contributed by atoms with van der Waals surface area (Å²) in [5.41, 5.74) is 3.15. The molecule has 7 heteroatoms. The Hall–Kier alpha value is -2.93. The molecule has 2 aromatic carbocycles. The Morgan fingerprint density at radius 3 is 2.39 bits per heavy atom. The molecule has 0 spiro atoms. The molecule has 1 heterocycles. The van der Waals surface area contributed by atoms with Gasteiger partial charge < -0.3 is 5.32 Å². The molecule has 28 heavy (non-hydrogen) atoms. The van der Waals surface area contributed by atoms with Crippen LogP contribution in [0.3, 0.4) is 0 Å². The lowest BCUT2D eigenvalue weighted by Crippen LogP contribution is -2.37. The molecular weight excluding hydrogens is 379 g/mol. The van der Waals surface area contributed by atoms with Gasteiger partial charge in [0, 0.05) is 18.7 Å². The molecular formula is C21H19FN2O3S. The Labute approximate surface area is 166 Å². The monoisotopic (exact) mass is 398 g/mol. The molecule has 144 valence electrons. The van der Waals surface area contributed by atoms with Gasteiger partial charge >= 0.3 is 0 Å². The molecule has 0 saturated carbocycles. The van der Waals surface area contributed by atoms with Crippen LogP contribution in [-0.2, 0) is 4.79 Å². The van der Waals surface area contributed by atoms with Gasteiger partial charge in [0.1, 0.15) is 5.82 Å². The fourth-order valence-electron chi connectivity index (χ4n) is 2.89. The number of thioether (sulfide) groups is 1. The Bertz CT molecular complexity index is 950. The lowest BCUT2D eigenvalue weighted by Gasteiger charge is -2.13. The number of imide groups is 1. The maximum Gasteiger partial charge on any atom is 0.293 e. The lowest BCUT2D eigenvalue weighted by atomic mass is 10.1. The Balaban J connectivity index is 1.60. The Kier molecular flexibility index (Phi) is 5.94. The summed E-state index contributed by atoms with van der Waals surface area (Å²) in [5, 5.41) is 2.35. The van der Waals surface area contributed by atoms with Crippen LogP contribution in [0.25, 0.3) is 6.08 Å². The maximum absolute atomic E-state index is 13.0. The highest BCUT2D eigenvalue weighted by molar-refractivity contribution is 8.18. The molecule has 0 aromatic heterocycles. The first kappa shape index (κ1) is 19.8. The second-order valence-electron chi connectivity index (χ2n) is 6.52. The molecule has 0 aliphatic carbocycles. The van der Waals surface area contributed by atoms with Crippen LogP contribution in [0.5, 0.6) is 0 Å². The summed E-state index contributed by atoms with van der Waals surface area (Å²) in [6, 6.07) is 11.2. The highest BCUT2D eigenvalue weighted by Crippen LogP contribution is 2.31. The van der Waals surface area contributed by atoms with Crippen molar-refractivity contribution in [1.29, 1.82) is 0 Å². The third-order valence-electron chi connectivity index (χ3n) is 4.15. The summed E-state index contributed by atoms with van der Waals surface area (Å²) < 4.78 is 13.0. The molecule has 0 atom stereocenters. The van der Waals surface area contributed by atoms with Gasteiger partial charge in [0.15, 0.2) is 0 Å². The minimum Gasteiger partial charge on any atom is -0.350 e. The van der Waals surface area contributed by atoms with Crippen LogP contribution in [-0.4, -0.2) is 35.0 Å². The molecule has 2 aromatic rings. The van der Waals surface area contributed by atoms with E-state index in [1.165, 1.54) is 24.3 Å². The zero-order chi connectivity index (χ0) is 20.3. The number of carbonyl (C=O) groups is 3. The first-order valence-corrected chi connectivity index (χ1v) is 9.52. The Morgan fingerprint density at radius 2 is 1.75 bits per heavy atom. The standard InChI is InChI=1S/C21H19FN2O3S/c1-13-9-14(2)11-16(10-13)19(25)23-7-8-24-20(26)18(28-21(24)27)12-15-3-5-17(22)6-4-15/h3-6,9-12H,7-8H2,1-2H3,(H,23,25)/b18-12-. The minimum atomic E-state index is -0.417. The van der Waals surface area contributed by atoms with Gasteiger partial charge in [0.2, 0.25) is 0 Å². The van der Waals surface area contributed by atoms with Crippen molar-refractivity contribution < 1.29 is 18.8 Å². The van der Waals surface area contributed by atoms with Crippen molar-refractivity contribution in [2.24, 2.45) is 0 Å². The number of benzene rings is 2. The summed E-state index contributed by atoms with van der Waals surface area (Å²) in [6.45, 7) is 4.07. The topological polar surface area (TPSA) is 66.5 Å². The SMILES string of the molecule is Cc1cc(C)cc(C(=O)NCCN2C(=O)S/C(=C\c3ccc(F)cc3)C2=O)c1. The van der Waals surface area contributed by atoms with Gasteiger partial charge in [-0.15, -0.1) is 0 Å². The molecule has 3 amide bonds. The zero-order valence-electron chi connectivity index (χ0n) is 15.5. The average molecular weight is 398 g/mol. The fourth-order valence-corrected chi connectivity index (χ4v) is 3.76. The van der Waals surface area contributed by atoms with E-state index in [4.69, 9.17) is 0 Å². The van der Waals surface area contributed by atoms with E-state index in [0.717, 1.165) is 27.8 Å². The van der Waals surface area contributed by atoms with E-state index >= 15 is 0 Å². The van der Waals surface area contributed by atoms with Crippen molar-refractivity contribution in [3.8, 4) is 0 Å². The van der Waals surface area contributed by atoms with Crippen LogP contribution in [0.2, 0.25) is 0 Å². The van der Waals surface area contributed by atoms with E-state index in [-0.39, 0.29) is 35.0 Å². The molecule has 0 unspecified atom stereocenters. The number of hydrogen-bond acceptors (Lipinski definition) is 4. The third-order valence-corrected chi connectivity index (χ3v) is 5.05. The van der Waals surface area contributed by atoms with Gasteiger partial charge in [-0.1, -0.05) is 29.3 Å². The van der Waals surface area contributed by atoms with Gasteiger partial charge in [-0.2, -0.15) is 0 Å². The zero-order valence-corrected chi connectivity index (χ0v) is 16.3. The molecule has 0 bridgehead atoms. The summed E-state index contributed by atoms with van der Waals surface area (Å²) in [6.07, 6.45) is 1.55. The number of halogens is 1. The summed E-state index contributed by atoms with van der Waals surface area (Å²) in [4.78, 5) is 38.2. The largest absolute Gasteiger partial charge is 0.350 e. The van der Waals surface area contributed by atoms with E-state index in [9.17, 15) is 18.8 Å². The van der Waals surface area contributed by atoms with Gasteiger partial charge in [0.05, 0.1) is 4.91 Å². The number of amides is 3. The van der Waals surface area contributed by atoms with Gasteiger partial charge in [-0.3, -0.25) is 19.3 Å². The third kappa shape index (κ3) is 4.67. The normalized spacial score (nSPS) is 15.4. The van der Waals surface area contributed by atoms with Crippen molar-refractivity contribution in [3.05, 3.63) is 75.4 Å². The molecule has 3 rings (SSSR count). The smallest absolute Gasteiger partial charge is 0.293 e. The van der Waals surface area contributed by atoms with Crippen LogP contribution in [0.4, 0.5) is 9.18 Å². The number of rotatable bonds is 5. The van der Waals surface area contributed by atoms with Crippen LogP contribution in [0.1, 0.15) is 27.0 Å². The second-order valence-corrected chi connectivity index (χ2v) is 7.51. The van der Waals surface area contributed by atoms with Crippen LogP contribution in [0.15, 0.2) is 47.4 Å². The quantitative estimate of drug-likeness (QED) is 0.776. The van der Waals surface area contributed by atoms with Crippen molar-refractivity contribution in [3.63, 3.8) is 0 Å². The minimum absolute atomic E-state index is 0.0853. The molecule has 0 radical (unpaired) electrons. The molecule has 1 aliphatic heterocycles. The number of nitrogens with zero attached hydrogens (tertiary/aromatic N) is 1. The van der Waals surface area contributed by atoms with E-state index in [0.29, 0.717) is 11.1 Å². The highest BCUT2D eigenvalue weighted by Gasteiger charge is 2.34. The van der Waals surface area contributed by atoms with Crippen LogP contribution in [0, 0.1) is 19.7 Å². The first-order valence-electron chi connectivity index (χ1n) is 8.71. The fraction of sp³-hybridized carbons (Fsp3) is 0.190. The van der Waals surface area contributed by atoms with E-state index in [1.54, 1.807) is 18.2 Å². The lowest BCUT2D eigenvalue weighted by molar-refractivity contribution is -0.122. The van der Waals surface area contributed by atoms with Gasteiger partial charge in [-0.25, -0.2) is 4.39 Å². The average Bonchev–Trinajstić information content (AvgIpc) is 2.90. The summed E-state index contributed by atoms with van der Waals surface area (Å²) in [5.74, 6) is -1.04. The number of hydrogen-bond donors (Lipinski definition) is 1. The van der Waals surface area contributed by atoms with E-state index in [2.05, 4.69) is 5.32 Å². The van der Waals surface area contributed by atoms with Gasteiger partial charge in [0.25, 0.3) is 17.1 Å². The van der Waals surface area contributed by atoms with E-state index < -0.39 is 5.91 Å². The molecule has 1 aliphatic rings. The van der Waals surface area contributed by atoms with Crippen LogP contribution < -0.4 is 5.32 Å². The predicted octanol–water partition coefficient (Wildman–Crippen LogP) is 3.91. The van der Waals surface area contributed by atoms with Gasteiger partial charge in [-0.05, 0) is 61.5 Å². The summed E-state index contributed by atoms with van der Waals surface area (Å²) >= 11 is 0.832. The number of aryl methyl sites for hydroxylation is 2. The van der Waals surface area contributed by atoms with Crippen LogP contribution >= 0.6 is 11.8 Å². The van der Waals surface area contributed by atoms with E-state index in [1.807, 2.05) is 19.9 Å². The summed E-state index contributed by atoms with van der Waals surface area (Å²) in [7, 11) is 0. The van der Waals surface area contributed by atoms with Crippen molar-refractivity contribution >= 4 is 34.9 Å². The molecule has 1 saturated heterocycles. The predicted molar refractivity (Wildman–Crippen MR) is 107 cm³/mol. The second kappa shape index (κ2) is 8.39. The van der Waals surface area contributed by atoms with Crippen molar-refractivity contribution in [2.75, 3.05) is 13.1 Å². The molecule has 1 fully saturated rings. The number of nitrogens with one attached hydrogen (secondary N) is 1. The number of carbonyl (C=O) groups excluding carboxylic acids is 3. The van der Waals surface area contributed by atoms with Crippen molar-refractivity contribution in [1.82, 2.24) is 10.2 Å². The van der Waals surface area contributed by atoms with Crippen molar-refractivity contribution in [2.45, 2.75) is 13.8 Å². The molecule has 5 nitrogen and oxygen atoms in total. The highest BCUT2D eigenvalue weighted by atomic mass is 32.2. The molecule has 1 N–H and O–H groups in total. The first-order chi connectivity index (χ1) is 13.3.